The molecule has 0 radical (unpaired) electrons. The predicted octanol–water partition coefficient (Wildman–Crippen LogP) is -1.12. The third kappa shape index (κ3) is 8.99. The van der Waals surface area contributed by atoms with Crippen molar-refractivity contribution < 1.29 is 32.5 Å². The molecule has 0 bridgehead atoms. The molecular weight excluding hydrogens is 206 g/mol. The summed E-state index contributed by atoms with van der Waals surface area (Å²) in [5.74, 6) is 0. The molecule has 6 heavy (non-hydrogen) atoms. The van der Waals surface area contributed by atoms with E-state index in [0.717, 1.165) is 7.33 Å². The van der Waals surface area contributed by atoms with Crippen molar-refractivity contribution in [3.63, 3.8) is 0 Å². The van der Waals surface area contributed by atoms with Gasteiger partial charge in [0, 0.05) is 0 Å². The van der Waals surface area contributed by atoms with Crippen LogP contribution in [-0.4, -0.2) is 10.4 Å². The summed E-state index contributed by atoms with van der Waals surface area (Å²) in [6.07, 6.45) is -1.93. The molecule has 6 heteroatoms. The van der Waals surface area contributed by atoms with Crippen molar-refractivity contribution in [2.24, 2.45) is 0 Å². The van der Waals surface area contributed by atoms with E-state index in [-0.39, 0.29) is 23.0 Å². The number of hydrogen-bond acceptors (Lipinski definition) is 1. The quantitative estimate of drug-likeness (QED) is 0.443. The Balaban J connectivity index is 0. The van der Waals surface area contributed by atoms with Crippen molar-refractivity contribution in [3.05, 3.63) is 0 Å². The van der Waals surface area contributed by atoms with E-state index in [1.807, 2.05) is 0 Å². The van der Waals surface area contributed by atoms with E-state index >= 15 is 0 Å². The van der Waals surface area contributed by atoms with Crippen molar-refractivity contribution in [1.82, 2.24) is 0 Å². The Morgan fingerprint density at radius 3 is 2.00 bits per heavy atom. The zero-order valence-electron chi connectivity index (χ0n) is 3.26. The van der Waals surface area contributed by atoms with Gasteiger partial charge in [-0.25, -0.2) is 0 Å². The van der Waals surface area contributed by atoms with Crippen LogP contribution in [0.3, 0.4) is 0 Å². The zero-order chi connectivity index (χ0) is 4.28. The Kier molecular flexibility index (Phi) is 10.7. The molecule has 0 aromatic carbocycles. The topological polar surface area (TPSA) is 68.8 Å². The number of rotatable bonds is 1. The number of hydrogen-bond donors (Lipinski definition) is 1. The van der Waals surface area contributed by atoms with Crippen LogP contribution < -0.4 is 0 Å². The van der Waals surface area contributed by atoms with Crippen LogP contribution in [0.2, 0.25) is 0 Å². The third-order valence-corrected chi connectivity index (χ3v) is 9.30. The van der Waals surface area contributed by atoms with E-state index in [9.17, 15) is 4.57 Å². The van der Waals surface area contributed by atoms with Crippen molar-refractivity contribution in [2.75, 3.05) is 0 Å². The summed E-state index contributed by atoms with van der Waals surface area (Å²) in [6.45, 7) is 0. The van der Waals surface area contributed by atoms with Gasteiger partial charge < -0.3 is 5.48 Å². The van der Waals surface area contributed by atoms with Gasteiger partial charge in [0.15, 0.2) is 0 Å². The Morgan fingerprint density at radius 1 is 1.83 bits per heavy atom. The van der Waals surface area contributed by atoms with Gasteiger partial charge in [-0.05, 0) is 0 Å². The Morgan fingerprint density at radius 2 is 2.00 bits per heavy atom. The van der Waals surface area contributed by atoms with Gasteiger partial charge in [-0.2, -0.15) is 0 Å². The van der Waals surface area contributed by atoms with Crippen LogP contribution >= 0.6 is 13.5 Å². The second-order valence-electron chi connectivity index (χ2n) is 0.470. The molecule has 3 nitrogen and oxygen atoms in total. The SMILES string of the molecule is O.O=[PH](O)[Mo][PH4]. The van der Waals surface area contributed by atoms with Gasteiger partial charge in [-0.15, -0.1) is 0 Å². The van der Waals surface area contributed by atoms with Crippen LogP contribution in [-0.2, 0) is 22.1 Å². The molecule has 42 valence electrons. The fourth-order valence-electron chi connectivity index (χ4n) is 0. The van der Waals surface area contributed by atoms with Crippen LogP contribution in [0.4, 0.5) is 0 Å². The summed E-state index contributed by atoms with van der Waals surface area (Å²) in [7, 11) is 0.986. The third-order valence-electron chi connectivity index (χ3n) is 0.175. The summed E-state index contributed by atoms with van der Waals surface area (Å²) in [6, 6.07) is 0. The molecule has 0 aliphatic rings. The first-order chi connectivity index (χ1) is 2.27. The van der Waals surface area contributed by atoms with E-state index in [1.54, 1.807) is 0 Å². The Hall–Kier alpha value is 1.27. The first kappa shape index (κ1) is 10.3. The molecule has 0 aromatic rings. The van der Waals surface area contributed by atoms with Crippen LogP contribution in [0.5, 0.6) is 0 Å². The molecule has 0 aromatic heterocycles. The average Bonchev–Trinajstić information content (AvgIpc) is 1.38. The molecule has 3 N–H and O–H groups in total. The summed E-state index contributed by atoms with van der Waals surface area (Å²) in [5.41, 5.74) is 0. The van der Waals surface area contributed by atoms with Gasteiger partial charge in [-0.1, -0.05) is 0 Å². The van der Waals surface area contributed by atoms with Gasteiger partial charge in [0.2, 0.25) is 0 Å². The molecule has 0 aliphatic carbocycles. The van der Waals surface area contributed by atoms with E-state index in [0.29, 0.717) is 0 Å². The summed E-state index contributed by atoms with van der Waals surface area (Å²) < 4.78 is 9.65. The average molecular weight is 214 g/mol. The minimum atomic E-state index is -1.93. The van der Waals surface area contributed by atoms with Crippen LogP contribution in [0.1, 0.15) is 0 Å². The molecule has 0 saturated heterocycles. The first-order valence-corrected chi connectivity index (χ1v) is 12.2. The monoisotopic (exact) mass is 216 g/mol. The van der Waals surface area contributed by atoms with Crippen molar-refractivity contribution in [3.8, 4) is 0 Å². The Labute approximate surface area is 46.3 Å². The van der Waals surface area contributed by atoms with Gasteiger partial charge >= 0.3 is 40.5 Å². The van der Waals surface area contributed by atoms with Gasteiger partial charge in [-0.3, -0.25) is 0 Å². The van der Waals surface area contributed by atoms with Crippen molar-refractivity contribution in [2.45, 2.75) is 0 Å². The summed E-state index contributed by atoms with van der Waals surface area (Å²) >= 11 is -0.349. The van der Waals surface area contributed by atoms with Crippen LogP contribution in [0, 0.1) is 0 Å². The maximum absolute atomic E-state index is 9.65. The second kappa shape index (κ2) is 6.27. The standard InChI is InChI=1S/Mo.HO2P.H2O.H3P/c;1-3-2;;/h;3H;1H2;1H3/q-2;;;/p+2. The van der Waals surface area contributed by atoms with Crippen LogP contribution in [0.25, 0.3) is 0 Å². The van der Waals surface area contributed by atoms with E-state index in [2.05, 4.69) is 0 Å². The summed E-state index contributed by atoms with van der Waals surface area (Å²) in [5, 5.41) is 0. The molecule has 0 fully saturated rings. The zero-order valence-corrected chi connectivity index (χ0v) is 8.27. The molecule has 1 unspecified atom stereocenters. The molecule has 1 atom stereocenters. The first-order valence-electron chi connectivity index (χ1n) is 1.04. The molecular formula is H8MoO3P2. The molecule has 0 spiro atoms. The van der Waals surface area contributed by atoms with Crippen molar-refractivity contribution in [1.29, 1.82) is 0 Å². The van der Waals surface area contributed by atoms with E-state index < -0.39 is 6.12 Å². The van der Waals surface area contributed by atoms with Gasteiger partial charge in [0.05, 0.1) is 0 Å². The normalized spacial score (nSPS) is 12.5. The molecule has 0 saturated carbocycles. The van der Waals surface area contributed by atoms with Gasteiger partial charge in [0.1, 0.15) is 0 Å². The fraction of sp³-hybridized carbons (Fsp3) is 0. The van der Waals surface area contributed by atoms with E-state index in [1.165, 1.54) is 0 Å². The summed E-state index contributed by atoms with van der Waals surface area (Å²) in [4.78, 5) is 8.00. The Bertz CT molecular complexity index is 44.1. The molecule has 0 heterocycles. The maximum atomic E-state index is 9.65. The minimum absolute atomic E-state index is 0. The second-order valence-corrected chi connectivity index (χ2v) is 14.2. The fourth-order valence-corrected chi connectivity index (χ4v) is 0. The predicted molar refractivity (Wildman–Crippen MR) is 27.3 cm³/mol. The van der Waals surface area contributed by atoms with Crippen LogP contribution in [0.15, 0.2) is 0 Å². The molecule has 0 rings (SSSR count). The molecule has 0 aliphatic heterocycles. The van der Waals surface area contributed by atoms with Gasteiger partial charge in [0.25, 0.3) is 0 Å². The molecule has 0 amide bonds. The van der Waals surface area contributed by atoms with Crippen molar-refractivity contribution >= 4 is 13.5 Å². The van der Waals surface area contributed by atoms with E-state index in [4.69, 9.17) is 4.89 Å².